The number of anilines is 1. The lowest BCUT2D eigenvalue weighted by atomic mass is 10.1. The van der Waals surface area contributed by atoms with E-state index in [0.717, 1.165) is 11.1 Å². The van der Waals surface area contributed by atoms with E-state index in [1.165, 1.54) is 24.3 Å². The van der Waals surface area contributed by atoms with Gasteiger partial charge >= 0.3 is 5.97 Å². The van der Waals surface area contributed by atoms with Gasteiger partial charge in [-0.3, -0.25) is 14.4 Å². The highest BCUT2D eigenvalue weighted by Crippen LogP contribution is 2.15. The van der Waals surface area contributed by atoms with E-state index in [1.807, 2.05) is 31.2 Å². The van der Waals surface area contributed by atoms with Gasteiger partial charge in [-0.1, -0.05) is 42.0 Å². The van der Waals surface area contributed by atoms with Gasteiger partial charge in [-0.15, -0.1) is 0 Å². The normalized spacial score (nSPS) is 10.2. The number of nitrogens with two attached hydrogens (primary N) is 1. The number of rotatable bonds is 8. The first kappa shape index (κ1) is 23.2. The predicted molar refractivity (Wildman–Crippen MR) is 123 cm³/mol. The molecule has 0 fully saturated rings. The van der Waals surface area contributed by atoms with Crippen LogP contribution in [0.2, 0.25) is 0 Å². The lowest BCUT2D eigenvalue weighted by Gasteiger charge is -2.12. The van der Waals surface area contributed by atoms with E-state index in [2.05, 4.69) is 10.6 Å². The van der Waals surface area contributed by atoms with E-state index in [1.54, 1.807) is 24.3 Å². The van der Waals surface area contributed by atoms with Crippen molar-refractivity contribution in [1.29, 1.82) is 0 Å². The molecule has 0 aliphatic heterocycles. The maximum absolute atomic E-state index is 12.6. The molecule has 0 aliphatic rings. The molecule has 0 atom stereocenters. The van der Waals surface area contributed by atoms with Crippen LogP contribution in [0, 0.1) is 6.92 Å². The third-order valence-corrected chi connectivity index (χ3v) is 4.76. The summed E-state index contributed by atoms with van der Waals surface area (Å²) in [4.78, 5) is 48.1. The number of nitrogens with one attached hydrogen (secondary N) is 2. The van der Waals surface area contributed by atoms with Crippen molar-refractivity contribution in [1.82, 2.24) is 5.32 Å². The Balaban J connectivity index is 1.56. The summed E-state index contributed by atoms with van der Waals surface area (Å²) >= 11 is 0. The number of esters is 1. The minimum absolute atomic E-state index is 0.170. The highest BCUT2D eigenvalue weighted by atomic mass is 16.5. The summed E-state index contributed by atoms with van der Waals surface area (Å²) in [5, 5.41) is 5.41. The van der Waals surface area contributed by atoms with Crippen molar-refractivity contribution in [2.75, 3.05) is 11.9 Å². The maximum atomic E-state index is 12.6. The van der Waals surface area contributed by atoms with Gasteiger partial charge in [0.25, 0.3) is 11.8 Å². The summed E-state index contributed by atoms with van der Waals surface area (Å²) in [5.74, 6) is -2.30. The van der Waals surface area contributed by atoms with E-state index >= 15 is 0 Å². The van der Waals surface area contributed by atoms with Crippen molar-refractivity contribution < 1.29 is 23.9 Å². The fraction of sp³-hybridized carbons (Fsp3) is 0.120. The smallest absolute Gasteiger partial charge is 0.338 e. The maximum Gasteiger partial charge on any atom is 0.338 e. The summed E-state index contributed by atoms with van der Waals surface area (Å²) < 4.78 is 5.01. The quantitative estimate of drug-likeness (QED) is 0.460. The Labute approximate surface area is 190 Å². The number of carbonyl (C=O) groups is 4. The van der Waals surface area contributed by atoms with Crippen molar-refractivity contribution in [2.45, 2.75) is 13.5 Å². The Morgan fingerprint density at radius 1 is 0.848 bits per heavy atom. The lowest BCUT2D eigenvalue weighted by molar-refractivity contribution is -0.119. The second-order valence-corrected chi connectivity index (χ2v) is 7.28. The first-order chi connectivity index (χ1) is 15.8. The van der Waals surface area contributed by atoms with Gasteiger partial charge in [-0.2, -0.15) is 0 Å². The number of para-hydroxylation sites is 1. The molecule has 33 heavy (non-hydrogen) atoms. The molecule has 3 aromatic carbocycles. The molecule has 0 aromatic heterocycles. The van der Waals surface area contributed by atoms with Gasteiger partial charge in [0.15, 0.2) is 6.61 Å². The van der Waals surface area contributed by atoms with Gasteiger partial charge in [0.1, 0.15) is 0 Å². The monoisotopic (exact) mass is 445 g/mol. The number of amides is 3. The van der Waals surface area contributed by atoms with Gasteiger partial charge in [0, 0.05) is 12.1 Å². The molecule has 4 N–H and O–H groups in total. The van der Waals surface area contributed by atoms with Gasteiger partial charge < -0.3 is 21.1 Å². The summed E-state index contributed by atoms with van der Waals surface area (Å²) in [7, 11) is 0. The number of ether oxygens (including phenoxy) is 1. The van der Waals surface area contributed by atoms with Crippen LogP contribution >= 0.6 is 0 Å². The molecule has 0 bridgehead atoms. The summed E-state index contributed by atoms with van der Waals surface area (Å²) in [5.41, 5.74) is 8.24. The van der Waals surface area contributed by atoms with E-state index in [-0.39, 0.29) is 22.6 Å². The minimum atomic E-state index is -0.731. The molecule has 0 saturated carbocycles. The second kappa shape index (κ2) is 10.7. The fourth-order valence-corrected chi connectivity index (χ4v) is 2.94. The Morgan fingerprint density at radius 3 is 2.15 bits per heavy atom. The van der Waals surface area contributed by atoms with E-state index in [4.69, 9.17) is 10.5 Å². The third kappa shape index (κ3) is 6.51. The average Bonchev–Trinajstić information content (AvgIpc) is 2.82. The van der Waals surface area contributed by atoms with Crippen LogP contribution in [-0.4, -0.2) is 30.3 Å². The van der Waals surface area contributed by atoms with Crippen molar-refractivity contribution >= 4 is 29.4 Å². The molecule has 8 nitrogen and oxygen atoms in total. The molecule has 0 spiro atoms. The zero-order valence-electron chi connectivity index (χ0n) is 18.0. The van der Waals surface area contributed by atoms with E-state index in [0.29, 0.717) is 12.2 Å². The molecule has 0 unspecified atom stereocenters. The molecular formula is C25H23N3O5. The molecule has 3 rings (SSSR count). The number of hydrogen-bond donors (Lipinski definition) is 3. The van der Waals surface area contributed by atoms with Crippen LogP contribution in [0.25, 0.3) is 0 Å². The van der Waals surface area contributed by atoms with Crippen LogP contribution in [0.5, 0.6) is 0 Å². The molecule has 168 valence electrons. The van der Waals surface area contributed by atoms with Crippen molar-refractivity contribution in [3.05, 3.63) is 101 Å². The fourth-order valence-electron chi connectivity index (χ4n) is 2.94. The Kier molecular flexibility index (Phi) is 7.54. The van der Waals surface area contributed by atoms with Crippen LogP contribution in [0.4, 0.5) is 5.69 Å². The molecule has 0 aliphatic carbocycles. The second-order valence-electron chi connectivity index (χ2n) is 7.28. The Hall–Kier alpha value is -4.46. The standard InChI is InChI=1S/C25H23N3O5/c1-16-6-8-17(9-7-16)14-27-24(31)20-4-2-3-5-21(20)28-22(29)15-33-25(32)19-12-10-18(11-13-19)23(26)30/h2-13H,14-15H2,1H3,(H2,26,30)(H,27,31)(H,28,29). The minimum Gasteiger partial charge on any atom is -0.452 e. The zero-order chi connectivity index (χ0) is 23.8. The van der Waals surface area contributed by atoms with Crippen LogP contribution < -0.4 is 16.4 Å². The van der Waals surface area contributed by atoms with Crippen molar-refractivity contribution in [3.8, 4) is 0 Å². The van der Waals surface area contributed by atoms with Gasteiger partial charge in [-0.25, -0.2) is 4.79 Å². The first-order valence-corrected chi connectivity index (χ1v) is 10.1. The van der Waals surface area contributed by atoms with Gasteiger partial charge in [-0.05, 0) is 48.9 Å². The number of benzene rings is 3. The van der Waals surface area contributed by atoms with Crippen LogP contribution in [0.15, 0.2) is 72.8 Å². The van der Waals surface area contributed by atoms with Gasteiger partial charge in [0.05, 0.1) is 16.8 Å². The number of carbonyl (C=O) groups excluding carboxylic acids is 4. The third-order valence-electron chi connectivity index (χ3n) is 4.76. The molecule has 8 heteroatoms. The summed E-state index contributed by atoms with van der Waals surface area (Å²) in [6, 6.07) is 19.9. The summed E-state index contributed by atoms with van der Waals surface area (Å²) in [6.07, 6.45) is 0. The molecule has 0 radical (unpaired) electrons. The predicted octanol–water partition coefficient (Wildman–Crippen LogP) is 2.82. The van der Waals surface area contributed by atoms with Crippen LogP contribution in [-0.2, 0) is 16.1 Å². The molecular weight excluding hydrogens is 422 g/mol. The first-order valence-electron chi connectivity index (χ1n) is 10.1. The summed E-state index contributed by atoms with van der Waals surface area (Å²) in [6.45, 7) is 1.78. The molecule has 0 heterocycles. The van der Waals surface area contributed by atoms with Crippen molar-refractivity contribution in [3.63, 3.8) is 0 Å². The molecule has 3 aromatic rings. The van der Waals surface area contributed by atoms with Crippen molar-refractivity contribution in [2.24, 2.45) is 5.73 Å². The SMILES string of the molecule is Cc1ccc(CNC(=O)c2ccccc2NC(=O)COC(=O)c2ccc(C(N)=O)cc2)cc1. The highest BCUT2D eigenvalue weighted by Gasteiger charge is 2.15. The lowest BCUT2D eigenvalue weighted by Crippen LogP contribution is -2.26. The average molecular weight is 445 g/mol. The number of hydrogen-bond acceptors (Lipinski definition) is 5. The largest absolute Gasteiger partial charge is 0.452 e. The zero-order valence-corrected chi connectivity index (χ0v) is 18.0. The van der Waals surface area contributed by atoms with Crippen LogP contribution in [0.1, 0.15) is 42.2 Å². The molecule has 0 saturated heterocycles. The molecule has 3 amide bonds. The highest BCUT2D eigenvalue weighted by molar-refractivity contribution is 6.04. The number of aryl methyl sites for hydroxylation is 1. The van der Waals surface area contributed by atoms with Crippen LogP contribution in [0.3, 0.4) is 0 Å². The van der Waals surface area contributed by atoms with Gasteiger partial charge in [0.2, 0.25) is 5.91 Å². The Bertz CT molecular complexity index is 1170. The number of primary amides is 1. The Morgan fingerprint density at radius 2 is 1.48 bits per heavy atom. The topological polar surface area (TPSA) is 128 Å². The van der Waals surface area contributed by atoms with E-state index in [9.17, 15) is 19.2 Å². The van der Waals surface area contributed by atoms with E-state index < -0.39 is 24.4 Å².